The second-order valence-corrected chi connectivity index (χ2v) is 8.59. The summed E-state index contributed by atoms with van der Waals surface area (Å²) in [7, 11) is 1.58. The molecule has 9 nitrogen and oxygen atoms in total. The van der Waals surface area contributed by atoms with Crippen molar-refractivity contribution in [3.63, 3.8) is 0 Å². The third-order valence-corrected chi connectivity index (χ3v) is 5.60. The van der Waals surface area contributed by atoms with Crippen LogP contribution < -0.4 is 26.0 Å². The first-order chi connectivity index (χ1) is 18.0. The average molecular weight is 552 g/mol. The molecular formula is C26H36Cl2N6O3. The van der Waals surface area contributed by atoms with Crippen molar-refractivity contribution in [3.8, 4) is 11.5 Å². The van der Waals surface area contributed by atoms with Gasteiger partial charge in [0.25, 0.3) is 0 Å². The third-order valence-electron chi connectivity index (χ3n) is 5.34. The highest BCUT2D eigenvalue weighted by Crippen LogP contribution is 2.34. The van der Waals surface area contributed by atoms with Crippen LogP contribution >= 0.6 is 23.2 Å². The zero-order chi connectivity index (χ0) is 27.0. The smallest absolute Gasteiger partial charge is 0.212 e. The lowest BCUT2D eigenvalue weighted by Gasteiger charge is -2.22. The molecule has 1 aromatic heterocycles. The normalized spacial score (nSPS) is 15.4. The number of halogens is 2. The molecular weight excluding hydrogens is 515 g/mol. The Labute approximate surface area is 228 Å². The number of aromatic nitrogens is 2. The van der Waals surface area contributed by atoms with E-state index in [2.05, 4.69) is 25.6 Å². The molecule has 0 aliphatic carbocycles. The highest BCUT2D eigenvalue weighted by atomic mass is 35.5. The Hall–Kier alpha value is -2.85. The number of allylic oxidation sites excluding steroid dienone is 4. The number of nitrogens with zero attached hydrogens (tertiary/aromatic N) is 3. The van der Waals surface area contributed by atoms with Crippen LogP contribution in [0.1, 0.15) is 33.6 Å². The van der Waals surface area contributed by atoms with Gasteiger partial charge < -0.3 is 24.9 Å². The van der Waals surface area contributed by atoms with E-state index < -0.39 is 0 Å². The topological polar surface area (TPSA) is 116 Å². The molecule has 1 fully saturated rings. The maximum atomic E-state index is 5.96. The van der Waals surface area contributed by atoms with E-state index in [-0.39, 0.29) is 5.92 Å². The van der Waals surface area contributed by atoms with Crippen LogP contribution in [0.5, 0.6) is 11.5 Å². The Bertz CT molecular complexity index is 1110. The summed E-state index contributed by atoms with van der Waals surface area (Å²) in [6.07, 6.45) is 8.62. The molecule has 3 rings (SSSR count). The third kappa shape index (κ3) is 9.51. The Morgan fingerprint density at radius 1 is 1.22 bits per heavy atom. The van der Waals surface area contributed by atoms with Crippen molar-refractivity contribution in [2.24, 2.45) is 16.8 Å². The van der Waals surface area contributed by atoms with E-state index in [1.807, 2.05) is 26.0 Å². The number of fused-ring (bicyclic) bond motifs is 1. The van der Waals surface area contributed by atoms with Gasteiger partial charge >= 0.3 is 0 Å². The Morgan fingerprint density at radius 3 is 2.62 bits per heavy atom. The minimum atomic E-state index is 0.232. The summed E-state index contributed by atoms with van der Waals surface area (Å²) >= 11 is 11.7. The predicted molar refractivity (Wildman–Crippen MR) is 152 cm³/mol. The lowest BCUT2D eigenvalue weighted by atomic mass is 9.98. The molecule has 1 aliphatic rings. The van der Waals surface area contributed by atoms with E-state index in [9.17, 15) is 0 Å². The van der Waals surface area contributed by atoms with E-state index in [1.54, 1.807) is 32.3 Å². The SMILES string of the molecule is CC.COc1cc2c(NC(/C=C/Cl)=C/C=C(\C)Cl)ncnc2cc1OCCN=C(ON)C1CCNCC1. The van der Waals surface area contributed by atoms with Gasteiger partial charge in [-0.2, -0.15) is 5.90 Å². The van der Waals surface area contributed by atoms with Gasteiger partial charge in [0.05, 0.1) is 19.2 Å². The van der Waals surface area contributed by atoms with Crippen molar-refractivity contribution in [1.82, 2.24) is 15.3 Å². The lowest BCUT2D eigenvalue weighted by molar-refractivity contribution is 0.269. The molecule has 0 unspecified atom stereocenters. The molecule has 0 bridgehead atoms. The summed E-state index contributed by atoms with van der Waals surface area (Å²) in [5.41, 5.74) is 2.78. The monoisotopic (exact) mass is 550 g/mol. The summed E-state index contributed by atoms with van der Waals surface area (Å²) in [5.74, 6) is 7.92. The maximum Gasteiger partial charge on any atom is 0.212 e. The Balaban J connectivity index is 0.00000235. The molecule has 2 aromatic rings. The number of hydrogen-bond donors (Lipinski definition) is 3. The molecule has 4 N–H and O–H groups in total. The van der Waals surface area contributed by atoms with E-state index >= 15 is 0 Å². The first-order valence-electron chi connectivity index (χ1n) is 12.2. The number of ether oxygens (including phenoxy) is 2. The molecule has 0 saturated carbocycles. The quantitative estimate of drug-likeness (QED) is 0.116. The summed E-state index contributed by atoms with van der Waals surface area (Å²) in [6, 6.07) is 3.63. The van der Waals surface area contributed by atoms with Crippen LogP contribution in [0.2, 0.25) is 0 Å². The van der Waals surface area contributed by atoms with Gasteiger partial charge in [-0.1, -0.05) is 37.0 Å². The summed E-state index contributed by atoms with van der Waals surface area (Å²) in [4.78, 5) is 18.3. The van der Waals surface area contributed by atoms with Crippen LogP contribution in [0.15, 0.2) is 57.9 Å². The lowest BCUT2D eigenvalue weighted by Crippen LogP contribution is -2.34. The van der Waals surface area contributed by atoms with Gasteiger partial charge in [-0.25, -0.2) is 15.0 Å². The van der Waals surface area contributed by atoms with E-state index in [1.165, 1.54) is 11.9 Å². The largest absolute Gasteiger partial charge is 0.493 e. The van der Waals surface area contributed by atoms with Gasteiger partial charge in [-0.05, 0) is 57.1 Å². The number of piperidine rings is 1. The molecule has 11 heteroatoms. The molecule has 37 heavy (non-hydrogen) atoms. The molecule has 0 atom stereocenters. The minimum absolute atomic E-state index is 0.232. The molecule has 202 valence electrons. The van der Waals surface area contributed by atoms with Crippen LogP contribution in [0, 0.1) is 5.92 Å². The van der Waals surface area contributed by atoms with E-state index in [4.69, 9.17) is 43.4 Å². The van der Waals surface area contributed by atoms with Crippen LogP contribution in [-0.2, 0) is 4.84 Å². The van der Waals surface area contributed by atoms with E-state index in [0.717, 1.165) is 31.3 Å². The second kappa shape index (κ2) is 16.8. The molecule has 1 saturated heterocycles. The Morgan fingerprint density at radius 2 is 1.97 bits per heavy atom. The molecule has 0 amide bonds. The second-order valence-electron chi connectivity index (χ2n) is 7.75. The first kappa shape index (κ1) is 30.4. The van der Waals surface area contributed by atoms with Crippen molar-refractivity contribution in [3.05, 3.63) is 53.0 Å². The fraction of sp³-hybridized carbons (Fsp3) is 0.423. The predicted octanol–water partition coefficient (Wildman–Crippen LogP) is 5.52. The molecule has 0 radical (unpaired) electrons. The number of anilines is 1. The highest BCUT2D eigenvalue weighted by molar-refractivity contribution is 6.29. The molecule has 1 aromatic carbocycles. The number of nitrogens with two attached hydrogens (primary N) is 1. The number of aliphatic imine (C=N–C) groups is 1. The molecule has 1 aliphatic heterocycles. The first-order valence-corrected chi connectivity index (χ1v) is 13.0. The standard InChI is InChI=1S/C24H30Cl2N6O3.C2H6/c1-16(26)3-4-18(5-8-25)32-23-19-13-21(33-2)22(14-20(19)30-15-31-23)34-12-11-29-24(35-27)17-6-9-28-10-7-17;1-2/h3-5,8,13-15,17,28H,6-7,9-12,27H2,1-2H3,(H,30,31,32);1-2H3/b8-5+,16-3+,18-4+,29-24?;. The number of nitrogens with one attached hydrogen (secondary N) is 2. The van der Waals surface area contributed by atoms with Crippen LogP contribution in [-0.4, -0.2) is 49.2 Å². The van der Waals surface area contributed by atoms with Crippen LogP contribution in [0.25, 0.3) is 10.9 Å². The highest BCUT2D eigenvalue weighted by Gasteiger charge is 2.20. The zero-order valence-electron chi connectivity index (χ0n) is 21.8. The van der Waals surface area contributed by atoms with E-state index in [0.29, 0.717) is 52.6 Å². The Kier molecular flexibility index (Phi) is 13.8. The van der Waals surface area contributed by atoms with Crippen molar-refractivity contribution >= 4 is 45.8 Å². The number of hydrogen-bond acceptors (Lipinski definition) is 9. The molecule has 0 spiro atoms. The van der Waals surface area contributed by atoms with Gasteiger partial charge in [0, 0.05) is 33.6 Å². The summed E-state index contributed by atoms with van der Waals surface area (Å²) < 4.78 is 11.5. The minimum Gasteiger partial charge on any atom is -0.493 e. The van der Waals surface area contributed by atoms with Crippen LogP contribution in [0.3, 0.4) is 0 Å². The van der Waals surface area contributed by atoms with Gasteiger partial charge in [0.1, 0.15) is 18.8 Å². The fourth-order valence-electron chi connectivity index (χ4n) is 3.63. The average Bonchev–Trinajstić information content (AvgIpc) is 2.93. The zero-order valence-corrected chi connectivity index (χ0v) is 23.3. The van der Waals surface area contributed by atoms with Gasteiger partial charge in [-0.3, -0.25) is 0 Å². The van der Waals surface area contributed by atoms with Gasteiger partial charge in [0.2, 0.25) is 5.90 Å². The molecule has 2 heterocycles. The number of benzene rings is 1. The maximum absolute atomic E-state index is 5.96. The number of methoxy groups -OCH3 is 1. The van der Waals surface area contributed by atoms with Gasteiger partial charge in [0.15, 0.2) is 11.5 Å². The van der Waals surface area contributed by atoms with Crippen molar-refractivity contribution in [1.29, 1.82) is 0 Å². The summed E-state index contributed by atoms with van der Waals surface area (Å²) in [6.45, 7) is 8.38. The fourth-order valence-corrected chi connectivity index (χ4v) is 3.83. The number of rotatable bonds is 10. The van der Waals surface area contributed by atoms with Crippen LogP contribution in [0.4, 0.5) is 5.82 Å². The summed E-state index contributed by atoms with van der Waals surface area (Å²) in [5, 5.41) is 7.94. The van der Waals surface area contributed by atoms with Crippen molar-refractivity contribution in [2.75, 3.05) is 38.7 Å². The van der Waals surface area contributed by atoms with Crippen molar-refractivity contribution < 1.29 is 14.3 Å². The van der Waals surface area contributed by atoms with Crippen molar-refractivity contribution in [2.45, 2.75) is 33.6 Å². The van der Waals surface area contributed by atoms with Gasteiger partial charge in [-0.15, -0.1) is 0 Å².